The molecule has 11 heavy (non-hydrogen) atoms. The third-order valence-corrected chi connectivity index (χ3v) is 2.23. The van der Waals surface area contributed by atoms with Crippen molar-refractivity contribution >= 4 is 5.97 Å². The summed E-state index contributed by atoms with van der Waals surface area (Å²) in [6.45, 7) is 0. The van der Waals surface area contributed by atoms with Gasteiger partial charge in [-0.15, -0.1) is 0 Å². The molecule has 1 rings (SSSR count). The van der Waals surface area contributed by atoms with Crippen LogP contribution in [-0.2, 0) is 4.79 Å². The zero-order chi connectivity index (χ0) is 7.40. The average Bonchev–Trinajstić information content (AvgIpc) is 2.34. The summed E-state index contributed by atoms with van der Waals surface area (Å²) in [5, 5.41) is 10.0. The van der Waals surface area contributed by atoms with Gasteiger partial charge in [-0.1, -0.05) is 25.7 Å². The number of carbonyl (C=O) groups excluding carboxylic acids is 1. The van der Waals surface area contributed by atoms with Crippen molar-refractivity contribution in [3.05, 3.63) is 0 Å². The zero-order valence-corrected chi connectivity index (χ0v) is 9.14. The van der Waals surface area contributed by atoms with Gasteiger partial charge < -0.3 is 9.90 Å². The van der Waals surface area contributed by atoms with Crippen molar-refractivity contribution in [2.24, 2.45) is 5.92 Å². The standard InChI is InChI=1S/C8H14O2.Na/c9-8(10)6-5-7-3-1-2-4-7;/h7H,1-6H2,(H,9,10);/q;+1/p-1. The molecule has 0 N–H and O–H groups in total. The number of aliphatic carboxylic acids is 1. The quantitative estimate of drug-likeness (QED) is 0.440. The molecule has 0 aromatic heterocycles. The van der Waals surface area contributed by atoms with Gasteiger partial charge in [0.2, 0.25) is 0 Å². The fourth-order valence-corrected chi connectivity index (χ4v) is 1.62. The Morgan fingerprint density at radius 3 is 2.36 bits per heavy atom. The smallest absolute Gasteiger partial charge is 0.550 e. The number of carbonyl (C=O) groups is 1. The van der Waals surface area contributed by atoms with Gasteiger partial charge in [0.15, 0.2) is 0 Å². The van der Waals surface area contributed by atoms with E-state index in [9.17, 15) is 9.90 Å². The maximum atomic E-state index is 10.0. The number of hydrogen-bond donors (Lipinski definition) is 0. The van der Waals surface area contributed by atoms with E-state index in [1.54, 1.807) is 0 Å². The molecule has 58 valence electrons. The zero-order valence-electron chi connectivity index (χ0n) is 7.14. The summed E-state index contributed by atoms with van der Waals surface area (Å²) in [6.07, 6.45) is 6.13. The first kappa shape index (κ1) is 11.5. The molecule has 1 aliphatic carbocycles. The predicted octanol–water partition coefficient (Wildman–Crippen LogP) is -2.29. The summed E-state index contributed by atoms with van der Waals surface area (Å²) in [5.74, 6) is -0.218. The predicted molar refractivity (Wildman–Crippen MR) is 36.2 cm³/mol. The van der Waals surface area contributed by atoms with E-state index in [2.05, 4.69) is 0 Å². The third kappa shape index (κ3) is 4.83. The molecule has 2 nitrogen and oxygen atoms in total. The van der Waals surface area contributed by atoms with Crippen molar-refractivity contribution in [2.45, 2.75) is 38.5 Å². The van der Waals surface area contributed by atoms with E-state index >= 15 is 0 Å². The maximum absolute atomic E-state index is 10.0. The Labute approximate surface area is 89.7 Å². The first-order valence-electron chi connectivity index (χ1n) is 3.99. The Morgan fingerprint density at radius 2 is 1.91 bits per heavy atom. The van der Waals surface area contributed by atoms with Crippen LogP contribution in [0.15, 0.2) is 0 Å². The van der Waals surface area contributed by atoms with E-state index < -0.39 is 5.97 Å². The molecule has 0 aromatic rings. The van der Waals surface area contributed by atoms with Gasteiger partial charge in [-0.05, 0) is 18.8 Å². The van der Waals surface area contributed by atoms with E-state index in [-0.39, 0.29) is 36.0 Å². The van der Waals surface area contributed by atoms with Crippen molar-refractivity contribution in [3.8, 4) is 0 Å². The minimum Gasteiger partial charge on any atom is -0.550 e. The number of rotatable bonds is 3. The first-order valence-corrected chi connectivity index (χ1v) is 3.99. The SMILES string of the molecule is O=C([O-])CCC1CCCC1.[Na+]. The van der Waals surface area contributed by atoms with Gasteiger partial charge in [0.05, 0.1) is 0 Å². The van der Waals surface area contributed by atoms with Crippen LogP contribution in [0.1, 0.15) is 38.5 Å². The maximum Gasteiger partial charge on any atom is 1.00 e. The third-order valence-electron chi connectivity index (χ3n) is 2.23. The molecule has 0 amide bonds. The van der Waals surface area contributed by atoms with E-state index in [0.29, 0.717) is 5.92 Å². The van der Waals surface area contributed by atoms with Gasteiger partial charge in [0.25, 0.3) is 0 Å². The topological polar surface area (TPSA) is 40.1 Å². The van der Waals surface area contributed by atoms with Crippen LogP contribution in [0, 0.1) is 5.92 Å². The molecular formula is C8H13NaO2. The summed E-state index contributed by atoms with van der Waals surface area (Å²) in [4.78, 5) is 10.0. The molecule has 0 atom stereocenters. The molecule has 0 heterocycles. The first-order chi connectivity index (χ1) is 4.79. The van der Waals surface area contributed by atoms with E-state index in [0.717, 1.165) is 6.42 Å². The number of carboxylic acids is 1. The van der Waals surface area contributed by atoms with Crippen LogP contribution in [0.4, 0.5) is 0 Å². The molecule has 0 aromatic carbocycles. The van der Waals surface area contributed by atoms with Gasteiger partial charge in [0, 0.05) is 5.97 Å². The van der Waals surface area contributed by atoms with Crippen LogP contribution in [-0.4, -0.2) is 5.97 Å². The minimum absolute atomic E-state index is 0. The summed E-state index contributed by atoms with van der Waals surface area (Å²) < 4.78 is 0. The second-order valence-corrected chi connectivity index (χ2v) is 3.06. The van der Waals surface area contributed by atoms with Gasteiger partial charge in [0.1, 0.15) is 0 Å². The molecule has 0 radical (unpaired) electrons. The molecule has 0 unspecified atom stereocenters. The van der Waals surface area contributed by atoms with Gasteiger partial charge >= 0.3 is 29.6 Å². The molecule has 0 bridgehead atoms. The summed E-state index contributed by atoms with van der Waals surface area (Å²) in [6, 6.07) is 0. The van der Waals surface area contributed by atoms with Crippen molar-refractivity contribution in [3.63, 3.8) is 0 Å². The van der Waals surface area contributed by atoms with Crippen LogP contribution in [0.5, 0.6) is 0 Å². The van der Waals surface area contributed by atoms with Gasteiger partial charge in [-0.2, -0.15) is 0 Å². The molecular weight excluding hydrogens is 151 g/mol. The second-order valence-electron chi connectivity index (χ2n) is 3.06. The van der Waals surface area contributed by atoms with Crippen LogP contribution >= 0.6 is 0 Å². The fourth-order valence-electron chi connectivity index (χ4n) is 1.62. The minimum atomic E-state index is -0.896. The molecule has 0 aliphatic heterocycles. The normalized spacial score (nSPS) is 17.8. The number of carboxylic acid groups (broad SMARTS) is 1. The Morgan fingerprint density at radius 1 is 1.36 bits per heavy atom. The fraction of sp³-hybridized carbons (Fsp3) is 0.875. The molecule has 1 saturated carbocycles. The van der Waals surface area contributed by atoms with Gasteiger partial charge in [-0.3, -0.25) is 0 Å². The monoisotopic (exact) mass is 164 g/mol. The average molecular weight is 164 g/mol. The molecule has 1 aliphatic rings. The molecule has 0 saturated heterocycles. The van der Waals surface area contributed by atoms with Crippen LogP contribution in [0.25, 0.3) is 0 Å². The van der Waals surface area contributed by atoms with E-state index in [4.69, 9.17) is 0 Å². The van der Waals surface area contributed by atoms with Crippen molar-refractivity contribution in [1.29, 1.82) is 0 Å². The Balaban J connectivity index is 0.000001000. The number of hydrogen-bond acceptors (Lipinski definition) is 2. The molecule has 3 heteroatoms. The Hall–Kier alpha value is 0.470. The van der Waals surface area contributed by atoms with Crippen molar-refractivity contribution in [1.82, 2.24) is 0 Å². The summed E-state index contributed by atoms with van der Waals surface area (Å²) in [5.41, 5.74) is 0. The van der Waals surface area contributed by atoms with E-state index in [1.165, 1.54) is 25.7 Å². The summed E-state index contributed by atoms with van der Waals surface area (Å²) >= 11 is 0. The van der Waals surface area contributed by atoms with Crippen LogP contribution in [0.2, 0.25) is 0 Å². The van der Waals surface area contributed by atoms with Gasteiger partial charge in [-0.25, -0.2) is 0 Å². The Kier molecular flexibility index (Phi) is 6.30. The van der Waals surface area contributed by atoms with Crippen LogP contribution in [0.3, 0.4) is 0 Å². The molecule has 1 fully saturated rings. The largest absolute Gasteiger partial charge is 1.00 e. The second kappa shape index (κ2) is 6.04. The van der Waals surface area contributed by atoms with E-state index in [1.807, 2.05) is 0 Å². The molecule has 0 spiro atoms. The summed E-state index contributed by atoms with van der Waals surface area (Å²) in [7, 11) is 0. The van der Waals surface area contributed by atoms with Crippen LogP contribution < -0.4 is 34.7 Å². The van der Waals surface area contributed by atoms with Crippen molar-refractivity contribution < 1.29 is 39.5 Å². The Bertz CT molecular complexity index is 119. The van der Waals surface area contributed by atoms with Crippen molar-refractivity contribution in [2.75, 3.05) is 0 Å².